The normalized spacial score (nSPS) is 20.6. The molecule has 1 saturated heterocycles. The highest BCUT2D eigenvalue weighted by atomic mass is 16.4. The van der Waals surface area contributed by atoms with Crippen LogP contribution in [0, 0.1) is 0 Å². The number of nitrogens with one attached hydrogen (secondary N) is 1. The summed E-state index contributed by atoms with van der Waals surface area (Å²) in [5.74, 6) is -0.935. The Balaban J connectivity index is 1.95. The van der Waals surface area contributed by atoms with E-state index in [1.807, 2.05) is 0 Å². The molecule has 0 unspecified atom stereocenters. The van der Waals surface area contributed by atoms with Gasteiger partial charge in [-0.25, -0.2) is 4.79 Å². The predicted molar refractivity (Wildman–Crippen MR) is 57.2 cm³/mol. The topological polar surface area (TPSA) is 72.9 Å². The number of hydrogen-bond acceptors (Lipinski definition) is 3. The summed E-state index contributed by atoms with van der Waals surface area (Å²) in [7, 11) is 0. The Labute approximate surface area is 94.2 Å². The molecule has 2 fully saturated rings. The van der Waals surface area contributed by atoms with Crippen molar-refractivity contribution in [3.05, 3.63) is 0 Å². The van der Waals surface area contributed by atoms with Gasteiger partial charge in [0.15, 0.2) is 0 Å². The fourth-order valence-electron chi connectivity index (χ4n) is 1.92. The van der Waals surface area contributed by atoms with Crippen molar-refractivity contribution in [1.82, 2.24) is 15.1 Å². The number of nitrogens with zero attached hydrogens (tertiary/aromatic N) is 2. The zero-order valence-corrected chi connectivity index (χ0v) is 9.19. The van der Waals surface area contributed by atoms with Crippen molar-refractivity contribution in [3.63, 3.8) is 0 Å². The number of carboxylic acids is 1. The molecule has 0 atom stereocenters. The van der Waals surface area contributed by atoms with Gasteiger partial charge in [0.2, 0.25) is 0 Å². The van der Waals surface area contributed by atoms with Crippen LogP contribution in [0.1, 0.15) is 12.8 Å². The molecule has 0 aromatic carbocycles. The van der Waals surface area contributed by atoms with Crippen molar-refractivity contribution in [2.45, 2.75) is 18.9 Å². The van der Waals surface area contributed by atoms with Gasteiger partial charge in [-0.2, -0.15) is 0 Å². The van der Waals surface area contributed by atoms with E-state index in [1.54, 1.807) is 4.90 Å². The largest absolute Gasteiger partial charge is 0.480 e. The van der Waals surface area contributed by atoms with E-state index >= 15 is 0 Å². The van der Waals surface area contributed by atoms with E-state index in [4.69, 9.17) is 5.11 Å². The Kier molecular flexibility index (Phi) is 3.28. The zero-order chi connectivity index (χ0) is 11.5. The van der Waals surface area contributed by atoms with Crippen molar-refractivity contribution in [2.24, 2.45) is 0 Å². The molecule has 0 radical (unpaired) electrons. The molecule has 6 heteroatoms. The lowest BCUT2D eigenvalue weighted by Crippen LogP contribution is -2.53. The van der Waals surface area contributed by atoms with Gasteiger partial charge >= 0.3 is 12.0 Å². The van der Waals surface area contributed by atoms with Crippen LogP contribution in [0.5, 0.6) is 0 Å². The van der Waals surface area contributed by atoms with Crippen molar-refractivity contribution in [2.75, 3.05) is 32.7 Å². The molecule has 2 N–H and O–H groups in total. The number of carbonyl (C=O) groups is 2. The molecule has 0 spiro atoms. The van der Waals surface area contributed by atoms with E-state index in [1.165, 1.54) is 4.90 Å². The maximum Gasteiger partial charge on any atom is 0.323 e. The summed E-state index contributed by atoms with van der Waals surface area (Å²) < 4.78 is 0. The first-order chi connectivity index (χ1) is 7.68. The van der Waals surface area contributed by atoms with Gasteiger partial charge in [-0.3, -0.25) is 4.79 Å². The number of aliphatic carboxylic acids is 1. The molecule has 0 bridgehead atoms. The molecule has 90 valence electrons. The van der Waals surface area contributed by atoms with Gasteiger partial charge in [0.1, 0.15) is 6.54 Å². The quantitative estimate of drug-likeness (QED) is 0.685. The number of carboxylic acid groups (broad SMARTS) is 1. The van der Waals surface area contributed by atoms with Crippen molar-refractivity contribution >= 4 is 12.0 Å². The van der Waals surface area contributed by atoms with Gasteiger partial charge in [-0.15, -0.1) is 0 Å². The van der Waals surface area contributed by atoms with E-state index in [9.17, 15) is 9.59 Å². The third kappa shape index (κ3) is 2.63. The Morgan fingerprint density at radius 1 is 1.31 bits per heavy atom. The molecule has 16 heavy (non-hydrogen) atoms. The van der Waals surface area contributed by atoms with Crippen LogP contribution in [0.15, 0.2) is 0 Å². The number of amides is 2. The minimum atomic E-state index is -0.935. The first-order valence-electron chi connectivity index (χ1n) is 5.66. The van der Waals surface area contributed by atoms with Crippen molar-refractivity contribution in [1.29, 1.82) is 0 Å². The van der Waals surface area contributed by atoms with E-state index in [0.29, 0.717) is 13.1 Å². The zero-order valence-electron chi connectivity index (χ0n) is 9.19. The summed E-state index contributed by atoms with van der Waals surface area (Å²) in [6.45, 7) is 2.74. The maximum atomic E-state index is 12.1. The Morgan fingerprint density at radius 3 is 2.44 bits per heavy atom. The summed E-state index contributed by atoms with van der Waals surface area (Å²) in [5, 5.41) is 11.9. The Morgan fingerprint density at radius 2 is 1.94 bits per heavy atom. The van der Waals surface area contributed by atoms with Gasteiger partial charge in [-0.05, 0) is 12.8 Å². The van der Waals surface area contributed by atoms with Crippen LogP contribution in [-0.2, 0) is 4.79 Å². The molecule has 2 amide bonds. The van der Waals surface area contributed by atoms with Crippen molar-refractivity contribution in [3.8, 4) is 0 Å². The molecule has 6 nitrogen and oxygen atoms in total. The Bertz CT molecular complexity index is 285. The fourth-order valence-corrected chi connectivity index (χ4v) is 1.92. The number of piperazine rings is 1. The van der Waals surface area contributed by atoms with Gasteiger partial charge < -0.3 is 20.2 Å². The summed E-state index contributed by atoms with van der Waals surface area (Å²) in [6, 6.07) is 0.0323. The molecular weight excluding hydrogens is 210 g/mol. The highest BCUT2D eigenvalue weighted by Gasteiger charge is 2.36. The minimum Gasteiger partial charge on any atom is -0.480 e. The smallest absolute Gasteiger partial charge is 0.323 e. The van der Waals surface area contributed by atoms with Gasteiger partial charge in [-0.1, -0.05) is 0 Å². The molecule has 1 heterocycles. The maximum absolute atomic E-state index is 12.1. The lowest BCUT2D eigenvalue weighted by Gasteiger charge is -2.32. The SMILES string of the molecule is O=C(O)CN(C(=O)N1CCNCC1)C1CC1. The Hall–Kier alpha value is -1.30. The second-order valence-electron chi connectivity index (χ2n) is 4.27. The second kappa shape index (κ2) is 4.69. The number of hydrogen-bond donors (Lipinski definition) is 2. The standard InChI is InChI=1S/C10H17N3O3/c14-9(15)7-13(8-1-2-8)10(16)12-5-3-11-4-6-12/h8,11H,1-7H2,(H,14,15). The van der Waals surface area contributed by atoms with Crippen LogP contribution in [0.3, 0.4) is 0 Å². The fraction of sp³-hybridized carbons (Fsp3) is 0.800. The van der Waals surface area contributed by atoms with Crippen LogP contribution in [0.4, 0.5) is 4.79 Å². The van der Waals surface area contributed by atoms with E-state index < -0.39 is 5.97 Å². The molecule has 2 aliphatic rings. The minimum absolute atomic E-state index is 0.119. The third-order valence-corrected chi connectivity index (χ3v) is 2.93. The van der Waals surface area contributed by atoms with Crippen LogP contribution < -0.4 is 5.32 Å². The van der Waals surface area contributed by atoms with E-state index in [0.717, 1.165) is 25.9 Å². The molecule has 0 aromatic rings. The van der Waals surface area contributed by atoms with Crippen molar-refractivity contribution < 1.29 is 14.7 Å². The van der Waals surface area contributed by atoms with Crippen LogP contribution >= 0.6 is 0 Å². The summed E-state index contributed by atoms with van der Waals surface area (Å²) >= 11 is 0. The van der Waals surface area contributed by atoms with E-state index in [-0.39, 0.29) is 18.6 Å². The van der Waals surface area contributed by atoms with E-state index in [2.05, 4.69) is 5.32 Å². The molecule has 1 aliphatic heterocycles. The summed E-state index contributed by atoms with van der Waals surface area (Å²) in [4.78, 5) is 26.0. The molecule has 1 aliphatic carbocycles. The molecule has 2 rings (SSSR count). The number of carbonyl (C=O) groups excluding carboxylic acids is 1. The number of urea groups is 1. The van der Waals surface area contributed by atoms with Crippen LogP contribution in [-0.4, -0.2) is 65.7 Å². The lowest BCUT2D eigenvalue weighted by molar-refractivity contribution is -0.137. The average Bonchev–Trinajstić information content (AvgIpc) is 3.10. The predicted octanol–water partition coefficient (Wildman–Crippen LogP) is -0.439. The first kappa shape index (κ1) is 11.2. The number of rotatable bonds is 3. The summed E-state index contributed by atoms with van der Waals surface area (Å²) in [6.07, 6.45) is 1.87. The summed E-state index contributed by atoms with van der Waals surface area (Å²) in [5.41, 5.74) is 0. The van der Waals surface area contributed by atoms with Crippen LogP contribution in [0.25, 0.3) is 0 Å². The monoisotopic (exact) mass is 227 g/mol. The van der Waals surface area contributed by atoms with Crippen LogP contribution in [0.2, 0.25) is 0 Å². The molecular formula is C10H17N3O3. The lowest BCUT2D eigenvalue weighted by atomic mass is 10.3. The highest BCUT2D eigenvalue weighted by molar-refractivity contribution is 5.80. The average molecular weight is 227 g/mol. The molecule has 0 aromatic heterocycles. The third-order valence-electron chi connectivity index (χ3n) is 2.93. The highest BCUT2D eigenvalue weighted by Crippen LogP contribution is 2.27. The molecule has 1 saturated carbocycles. The van der Waals surface area contributed by atoms with Gasteiger partial charge in [0, 0.05) is 32.2 Å². The van der Waals surface area contributed by atoms with Gasteiger partial charge in [0.05, 0.1) is 0 Å². The first-order valence-corrected chi connectivity index (χ1v) is 5.66. The second-order valence-corrected chi connectivity index (χ2v) is 4.27. The van der Waals surface area contributed by atoms with Gasteiger partial charge in [0.25, 0.3) is 0 Å².